The molecule has 3 rings (SSSR count). The average molecular weight is 204 g/mol. The Bertz CT molecular complexity index is 265. The van der Waals surface area contributed by atoms with Crippen LogP contribution in [0.5, 0.6) is 0 Å². The van der Waals surface area contributed by atoms with E-state index in [2.05, 4.69) is 13.5 Å². The predicted octanol–water partition coefficient (Wildman–Crippen LogP) is 4.42. The lowest BCUT2D eigenvalue weighted by Gasteiger charge is -2.46. The minimum Gasteiger partial charge on any atom is -0.0996 e. The van der Waals surface area contributed by atoms with Gasteiger partial charge in [-0.05, 0) is 55.3 Å². The first-order valence-electron chi connectivity index (χ1n) is 6.95. The van der Waals surface area contributed by atoms with Gasteiger partial charge in [-0.1, -0.05) is 38.3 Å². The summed E-state index contributed by atoms with van der Waals surface area (Å²) in [7, 11) is 0. The molecule has 3 aliphatic rings. The molecule has 5 atom stereocenters. The molecule has 0 aromatic carbocycles. The fourth-order valence-corrected chi connectivity index (χ4v) is 4.99. The maximum absolute atomic E-state index is 4.33. The van der Waals surface area contributed by atoms with Crippen LogP contribution in [0.15, 0.2) is 12.2 Å². The van der Waals surface area contributed by atoms with Crippen molar-refractivity contribution in [2.75, 3.05) is 0 Å². The fraction of sp³-hybridized carbons (Fsp3) is 0.867. The van der Waals surface area contributed by atoms with Crippen molar-refractivity contribution in [1.82, 2.24) is 0 Å². The van der Waals surface area contributed by atoms with Crippen LogP contribution in [-0.2, 0) is 0 Å². The molecule has 0 amide bonds. The first-order valence-corrected chi connectivity index (χ1v) is 6.95. The van der Waals surface area contributed by atoms with Crippen LogP contribution in [-0.4, -0.2) is 0 Å². The van der Waals surface area contributed by atoms with Crippen molar-refractivity contribution < 1.29 is 0 Å². The smallest absolute Gasteiger partial charge is 0.0149 e. The first kappa shape index (κ1) is 9.93. The van der Waals surface area contributed by atoms with Crippen LogP contribution in [0.1, 0.15) is 51.9 Å². The lowest BCUT2D eigenvalue weighted by Crippen LogP contribution is -2.38. The van der Waals surface area contributed by atoms with Gasteiger partial charge in [0.25, 0.3) is 0 Å². The largest absolute Gasteiger partial charge is 0.0996 e. The molecule has 3 saturated carbocycles. The molecule has 84 valence electrons. The van der Waals surface area contributed by atoms with Crippen molar-refractivity contribution in [2.24, 2.45) is 29.6 Å². The molecule has 3 aliphatic carbocycles. The zero-order valence-electron chi connectivity index (χ0n) is 10.0. The van der Waals surface area contributed by atoms with Crippen molar-refractivity contribution >= 4 is 0 Å². The highest BCUT2D eigenvalue weighted by molar-refractivity contribution is 5.13. The zero-order chi connectivity index (χ0) is 10.4. The lowest BCUT2D eigenvalue weighted by molar-refractivity contribution is 0.0474. The summed E-state index contributed by atoms with van der Waals surface area (Å²) in [6.07, 6.45) is 10.4. The fourth-order valence-electron chi connectivity index (χ4n) is 4.99. The van der Waals surface area contributed by atoms with E-state index in [0.29, 0.717) is 0 Å². The van der Waals surface area contributed by atoms with Gasteiger partial charge in [0.1, 0.15) is 0 Å². The van der Waals surface area contributed by atoms with Crippen LogP contribution in [0.4, 0.5) is 0 Å². The molecule has 0 aliphatic heterocycles. The monoisotopic (exact) mass is 204 g/mol. The molecule has 0 spiro atoms. The van der Waals surface area contributed by atoms with Crippen LogP contribution < -0.4 is 0 Å². The molecule has 0 aromatic heterocycles. The third-order valence-corrected chi connectivity index (χ3v) is 5.63. The van der Waals surface area contributed by atoms with Crippen molar-refractivity contribution in [2.45, 2.75) is 51.9 Å². The Labute approximate surface area is 94.1 Å². The molecule has 2 unspecified atom stereocenters. The standard InChI is InChI=1S/C15H24/c1-10-7-8-13-9-12-5-3-4-6-14(12)11(2)15(10)13/h11-15H,1,3-9H2,2H3/t11-,12-,13?,14+,15?/m0/s1. The molecule has 0 radical (unpaired) electrons. The third-order valence-electron chi connectivity index (χ3n) is 5.63. The molecule has 0 nitrogen and oxygen atoms in total. The Balaban J connectivity index is 1.83. The van der Waals surface area contributed by atoms with Gasteiger partial charge in [-0.2, -0.15) is 0 Å². The van der Waals surface area contributed by atoms with Crippen LogP contribution >= 0.6 is 0 Å². The van der Waals surface area contributed by atoms with E-state index < -0.39 is 0 Å². The van der Waals surface area contributed by atoms with Crippen LogP contribution in [0, 0.1) is 29.6 Å². The van der Waals surface area contributed by atoms with Crippen molar-refractivity contribution in [1.29, 1.82) is 0 Å². The Morgan fingerprint density at radius 2 is 1.87 bits per heavy atom. The molecule has 0 aromatic rings. The van der Waals surface area contributed by atoms with Crippen molar-refractivity contribution in [3.63, 3.8) is 0 Å². The minimum atomic E-state index is 0.907. The molecular formula is C15H24. The molecule has 0 saturated heterocycles. The van der Waals surface area contributed by atoms with E-state index >= 15 is 0 Å². The zero-order valence-corrected chi connectivity index (χ0v) is 10.0. The summed E-state index contributed by atoms with van der Waals surface area (Å²) >= 11 is 0. The Morgan fingerprint density at radius 3 is 2.73 bits per heavy atom. The lowest BCUT2D eigenvalue weighted by atomic mass is 9.59. The summed E-state index contributed by atoms with van der Waals surface area (Å²) in [6, 6.07) is 0. The van der Waals surface area contributed by atoms with E-state index in [1.54, 1.807) is 12.0 Å². The second-order valence-corrected chi connectivity index (χ2v) is 6.29. The van der Waals surface area contributed by atoms with Gasteiger partial charge < -0.3 is 0 Å². The van der Waals surface area contributed by atoms with Gasteiger partial charge in [0.15, 0.2) is 0 Å². The highest BCUT2D eigenvalue weighted by Crippen LogP contribution is 2.55. The number of hydrogen-bond donors (Lipinski definition) is 0. The van der Waals surface area contributed by atoms with Gasteiger partial charge in [0, 0.05) is 0 Å². The van der Waals surface area contributed by atoms with Crippen molar-refractivity contribution in [3.8, 4) is 0 Å². The summed E-state index contributed by atoms with van der Waals surface area (Å²) in [5.74, 6) is 5.01. The summed E-state index contributed by atoms with van der Waals surface area (Å²) in [5.41, 5.74) is 1.59. The van der Waals surface area contributed by atoms with E-state index in [0.717, 1.165) is 29.6 Å². The van der Waals surface area contributed by atoms with E-state index in [4.69, 9.17) is 0 Å². The Kier molecular flexibility index (Phi) is 2.41. The van der Waals surface area contributed by atoms with Gasteiger partial charge in [0.2, 0.25) is 0 Å². The average Bonchev–Trinajstić information content (AvgIpc) is 2.61. The normalized spacial score (nSPS) is 49.9. The molecule has 0 bridgehead atoms. The number of hydrogen-bond acceptors (Lipinski definition) is 0. The minimum absolute atomic E-state index is 0.907. The highest BCUT2D eigenvalue weighted by Gasteiger charge is 2.45. The van der Waals surface area contributed by atoms with Gasteiger partial charge in [-0.3, -0.25) is 0 Å². The highest BCUT2D eigenvalue weighted by atomic mass is 14.5. The predicted molar refractivity (Wildman–Crippen MR) is 64.6 cm³/mol. The molecule has 0 N–H and O–H groups in total. The summed E-state index contributed by atoms with van der Waals surface area (Å²) in [5, 5.41) is 0. The van der Waals surface area contributed by atoms with Gasteiger partial charge in [-0.15, -0.1) is 0 Å². The second-order valence-electron chi connectivity index (χ2n) is 6.29. The maximum atomic E-state index is 4.33. The topological polar surface area (TPSA) is 0 Å². The third kappa shape index (κ3) is 1.48. The number of fused-ring (bicyclic) bond motifs is 2. The van der Waals surface area contributed by atoms with E-state index in [9.17, 15) is 0 Å². The SMILES string of the molecule is C=C1CCC2C[C@@H]3CCCC[C@@H]3[C@H](C)C12. The summed E-state index contributed by atoms with van der Waals surface area (Å²) in [6.45, 7) is 6.85. The first-order chi connectivity index (χ1) is 7.27. The van der Waals surface area contributed by atoms with Crippen molar-refractivity contribution in [3.05, 3.63) is 12.2 Å². The van der Waals surface area contributed by atoms with E-state index in [1.165, 1.54) is 38.5 Å². The van der Waals surface area contributed by atoms with Crippen LogP contribution in [0.2, 0.25) is 0 Å². The summed E-state index contributed by atoms with van der Waals surface area (Å²) < 4.78 is 0. The van der Waals surface area contributed by atoms with E-state index in [1.807, 2.05) is 0 Å². The second kappa shape index (κ2) is 3.64. The number of rotatable bonds is 0. The van der Waals surface area contributed by atoms with Crippen LogP contribution in [0.25, 0.3) is 0 Å². The molecular weight excluding hydrogens is 180 g/mol. The van der Waals surface area contributed by atoms with Gasteiger partial charge in [0.05, 0.1) is 0 Å². The maximum Gasteiger partial charge on any atom is -0.0149 e. The van der Waals surface area contributed by atoms with E-state index in [-0.39, 0.29) is 0 Å². The molecule has 0 heterocycles. The van der Waals surface area contributed by atoms with Crippen LogP contribution in [0.3, 0.4) is 0 Å². The summed E-state index contributed by atoms with van der Waals surface area (Å²) in [4.78, 5) is 0. The quantitative estimate of drug-likeness (QED) is 0.513. The molecule has 15 heavy (non-hydrogen) atoms. The molecule has 0 heteroatoms. The Hall–Kier alpha value is -0.260. The number of allylic oxidation sites excluding steroid dienone is 1. The van der Waals surface area contributed by atoms with Gasteiger partial charge >= 0.3 is 0 Å². The van der Waals surface area contributed by atoms with Gasteiger partial charge in [-0.25, -0.2) is 0 Å². The Morgan fingerprint density at radius 1 is 1.07 bits per heavy atom. The molecule has 3 fully saturated rings.